The lowest BCUT2D eigenvalue weighted by Crippen LogP contribution is -3.15. The average molecular weight is 294 g/mol. The first-order valence-electron chi connectivity index (χ1n) is 8.05. The lowest BCUT2D eigenvalue weighted by molar-refractivity contribution is -0.915. The molecule has 1 heterocycles. The van der Waals surface area contributed by atoms with E-state index < -0.39 is 5.60 Å². The van der Waals surface area contributed by atoms with Crippen LogP contribution in [0.25, 0.3) is 0 Å². The Morgan fingerprint density at radius 2 is 1.86 bits per heavy atom. The zero-order chi connectivity index (χ0) is 15.1. The number of nitrogens with one attached hydrogen (secondary N) is 1. The Labute approximate surface area is 127 Å². The molecule has 1 fully saturated rings. The highest BCUT2D eigenvalue weighted by Gasteiger charge is 2.34. The van der Waals surface area contributed by atoms with Crippen LogP contribution in [-0.4, -0.2) is 44.6 Å². The van der Waals surface area contributed by atoms with Crippen LogP contribution in [0.1, 0.15) is 32.3 Å². The molecule has 0 bridgehead atoms. The van der Waals surface area contributed by atoms with E-state index in [9.17, 15) is 5.11 Å². The van der Waals surface area contributed by atoms with Gasteiger partial charge in [0, 0.05) is 0 Å². The normalized spacial score (nSPS) is 19.2. The van der Waals surface area contributed by atoms with Gasteiger partial charge in [-0.15, -0.1) is 0 Å². The van der Waals surface area contributed by atoms with Gasteiger partial charge in [0.2, 0.25) is 0 Å². The molecule has 1 aromatic rings. The van der Waals surface area contributed by atoms with Crippen LogP contribution in [0.2, 0.25) is 0 Å². The van der Waals surface area contributed by atoms with Gasteiger partial charge in [-0.3, -0.25) is 0 Å². The van der Waals surface area contributed by atoms with Gasteiger partial charge in [0.1, 0.15) is 31.0 Å². The fourth-order valence-corrected chi connectivity index (χ4v) is 3.03. The summed E-state index contributed by atoms with van der Waals surface area (Å²) in [6, 6.07) is 7.91. The molecule has 0 spiro atoms. The van der Waals surface area contributed by atoms with Crippen molar-refractivity contribution < 1.29 is 19.5 Å². The molecule has 2 N–H and O–H groups in total. The fourth-order valence-electron chi connectivity index (χ4n) is 3.03. The summed E-state index contributed by atoms with van der Waals surface area (Å²) < 4.78 is 10.9. The van der Waals surface area contributed by atoms with E-state index in [1.807, 2.05) is 31.2 Å². The Morgan fingerprint density at radius 1 is 1.19 bits per heavy atom. The standard InChI is InChI=1S/C17H27NO3/c1-3-9-17(19,14-18-10-12-20-13-11-18)15-5-7-16(8-6-15)21-4-2/h5-8,19H,3-4,9-14H2,1-2H3/p+1/t17-/m0/s1. The van der Waals surface area contributed by atoms with E-state index in [1.165, 1.54) is 4.90 Å². The van der Waals surface area contributed by atoms with E-state index in [0.717, 1.165) is 57.0 Å². The van der Waals surface area contributed by atoms with Gasteiger partial charge in [-0.2, -0.15) is 0 Å². The van der Waals surface area contributed by atoms with Gasteiger partial charge < -0.3 is 19.5 Å². The van der Waals surface area contributed by atoms with E-state index >= 15 is 0 Å². The molecule has 118 valence electrons. The van der Waals surface area contributed by atoms with Crippen LogP contribution in [-0.2, 0) is 10.3 Å². The van der Waals surface area contributed by atoms with Crippen molar-refractivity contribution in [3.05, 3.63) is 29.8 Å². The molecule has 1 atom stereocenters. The topological polar surface area (TPSA) is 43.1 Å². The maximum atomic E-state index is 11.2. The quantitative estimate of drug-likeness (QED) is 0.788. The van der Waals surface area contributed by atoms with E-state index in [1.54, 1.807) is 0 Å². The predicted molar refractivity (Wildman–Crippen MR) is 82.8 cm³/mol. The maximum absolute atomic E-state index is 11.2. The average Bonchev–Trinajstić information content (AvgIpc) is 2.49. The third-order valence-electron chi connectivity index (χ3n) is 4.11. The molecule has 0 saturated carbocycles. The lowest BCUT2D eigenvalue weighted by atomic mass is 9.88. The van der Waals surface area contributed by atoms with Gasteiger partial charge in [-0.1, -0.05) is 25.5 Å². The van der Waals surface area contributed by atoms with Crippen LogP contribution in [0.15, 0.2) is 24.3 Å². The first-order chi connectivity index (χ1) is 10.2. The van der Waals surface area contributed by atoms with Gasteiger partial charge in [0.25, 0.3) is 0 Å². The molecule has 4 nitrogen and oxygen atoms in total. The monoisotopic (exact) mass is 294 g/mol. The smallest absolute Gasteiger partial charge is 0.138 e. The minimum atomic E-state index is -0.758. The molecule has 0 aromatic heterocycles. The summed E-state index contributed by atoms with van der Waals surface area (Å²) in [6.07, 6.45) is 1.75. The molecule has 0 aliphatic carbocycles. The van der Waals surface area contributed by atoms with Crippen molar-refractivity contribution in [2.45, 2.75) is 32.3 Å². The zero-order valence-electron chi connectivity index (χ0n) is 13.2. The number of ether oxygens (including phenoxy) is 2. The maximum Gasteiger partial charge on any atom is 0.138 e. The second-order valence-corrected chi connectivity index (χ2v) is 5.78. The highest BCUT2D eigenvalue weighted by Crippen LogP contribution is 2.27. The minimum Gasteiger partial charge on any atom is -0.494 e. The van der Waals surface area contributed by atoms with Crippen LogP contribution in [0.5, 0.6) is 5.75 Å². The van der Waals surface area contributed by atoms with Crippen LogP contribution in [0, 0.1) is 0 Å². The third kappa shape index (κ3) is 4.43. The first kappa shape index (κ1) is 16.3. The Bertz CT molecular complexity index is 415. The molecule has 0 amide bonds. The van der Waals surface area contributed by atoms with E-state index in [4.69, 9.17) is 9.47 Å². The number of morpholine rings is 1. The Hall–Kier alpha value is -1.10. The van der Waals surface area contributed by atoms with Gasteiger partial charge in [-0.05, 0) is 31.0 Å². The number of hydrogen-bond acceptors (Lipinski definition) is 3. The Balaban J connectivity index is 2.11. The number of hydrogen-bond donors (Lipinski definition) is 2. The van der Waals surface area contributed by atoms with Gasteiger partial charge >= 0.3 is 0 Å². The van der Waals surface area contributed by atoms with Crippen LogP contribution < -0.4 is 9.64 Å². The van der Waals surface area contributed by atoms with Crippen molar-refractivity contribution in [3.8, 4) is 5.75 Å². The summed E-state index contributed by atoms with van der Waals surface area (Å²) in [5.74, 6) is 0.860. The van der Waals surface area contributed by atoms with Crippen molar-refractivity contribution in [3.63, 3.8) is 0 Å². The van der Waals surface area contributed by atoms with Crippen LogP contribution in [0.3, 0.4) is 0 Å². The summed E-state index contributed by atoms with van der Waals surface area (Å²) in [7, 11) is 0. The number of rotatable bonds is 7. The fraction of sp³-hybridized carbons (Fsp3) is 0.647. The molecule has 1 saturated heterocycles. The van der Waals surface area contributed by atoms with Crippen molar-refractivity contribution in [2.24, 2.45) is 0 Å². The number of quaternary nitrogens is 1. The van der Waals surface area contributed by atoms with Crippen molar-refractivity contribution in [1.82, 2.24) is 0 Å². The molecule has 0 unspecified atom stereocenters. The van der Waals surface area contributed by atoms with E-state index in [0.29, 0.717) is 6.61 Å². The van der Waals surface area contributed by atoms with E-state index in [2.05, 4.69) is 6.92 Å². The largest absolute Gasteiger partial charge is 0.494 e. The highest BCUT2D eigenvalue weighted by atomic mass is 16.5. The number of benzene rings is 1. The Kier molecular flexibility index (Phi) is 6.03. The van der Waals surface area contributed by atoms with E-state index in [-0.39, 0.29) is 0 Å². The van der Waals surface area contributed by atoms with Crippen LogP contribution in [0.4, 0.5) is 0 Å². The van der Waals surface area contributed by atoms with Gasteiger partial charge in [-0.25, -0.2) is 0 Å². The first-order valence-corrected chi connectivity index (χ1v) is 8.05. The molecule has 1 aliphatic heterocycles. The molecule has 4 heteroatoms. The lowest BCUT2D eigenvalue weighted by Gasteiger charge is -2.34. The van der Waals surface area contributed by atoms with Crippen molar-refractivity contribution in [2.75, 3.05) is 39.5 Å². The molecular formula is C17H28NO3+. The zero-order valence-corrected chi connectivity index (χ0v) is 13.2. The number of aliphatic hydroxyl groups is 1. The Morgan fingerprint density at radius 3 is 2.43 bits per heavy atom. The highest BCUT2D eigenvalue weighted by molar-refractivity contribution is 5.31. The molecular weight excluding hydrogens is 266 g/mol. The minimum absolute atomic E-state index is 0.663. The van der Waals surface area contributed by atoms with Crippen molar-refractivity contribution >= 4 is 0 Å². The van der Waals surface area contributed by atoms with Gasteiger partial charge in [0.05, 0.1) is 19.8 Å². The molecule has 21 heavy (non-hydrogen) atoms. The summed E-state index contributed by atoms with van der Waals surface area (Å²) >= 11 is 0. The van der Waals surface area contributed by atoms with Crippen LogP contribution >= 0.6 is 0 Å². The summed E-state index contributed by atoms with van der Waals surface area (Å²) in [5.41, 5.74) is 0.235. The molecule has 1 aliphatic rings. The molecule has 1 aromatic carbocycles. The summed E-state index contributed by atoms with van der Waals surface area (Å²) in [5, 5.41) is 11.2. The summed E-state index contributed by atoms with van der Waals surface area (Å²) in [4.78, 5) is 1.42. The van der Waals surface area contributed by atoms with Gasteiger partial charge in [0.15, 0.2) is 0 Å². The third-order valence-corrected chi connectivity index (χ3v) is 4.11. The second kappa shape index (κ2) is 7.78. The molecule has 0 radical (unpaired) electrons. The second-order valence-electron chi connectivity index (χ2n) is 5.78. The molecule has 2 rings (SSSR count). The summed E-state index contributed by atoms with van der Waals surface area (Å²) in [6.45, 7) is 9.04. The van der Waals surface area contributed by atoms with Crippen molar-refractivity contribution in [1.29, 1.82) is 0 Å². The predicted octanol–water partition coefficient (Wildman–Crippen LogP) is 0.988. The SMILES string of the molecule is CCC[C@](O)(C[NH+]1CCOCC1)c1ccc(OCC)cc1.